The Morgan fingerprint density at radius 3 is 2.17 bits per heavy atom. The van der Waals surface area contributed by atoms with Crippen LogP contribution in [0.4, 0.5) is 0 Å². The van der Waals surface area contributed by atoms with Crippen molar-refractivity contribution in [1.82, 2.24) is 15.3 Å². The lowest BCUT2D eigenvalue weighted by atomic mass is 9.82. The number of carbonyl (C=O) groups excluding carboxylic acids is 3. The Hall–Kier alpha value is -2.25. The van der Waals surface area contributed by atoms with E-state index in [4.69, 9.17) is 23.2 Å². The Morgan fingerprint density at radius 2 is 1.63 bits per heavy atom. The maximum Gasteiger partial charge on any atom is 0.249 e. The molecular formula is C22H21Cl2N3O3. The van der Waals surface area contributed by atoms with E-state index in [-0.39, 0.29) is 24.4 Å². The fourth-order valence-electron chi connectivity index (χ4n) is 4.32. The van der Waals surface area contributed by atoms with Gasteiger partial charge in [0.05, 0.1) is 12.6 Å². The molecule has 2 aromatic rings. The summed E-state index contributed by atoms with van der Waals surface area (Å²) in [6.07, 6.45) is 0. The normalized spacial score (nSPS) is 22.5. The minimum Gasteiger partial charge on any atom is -0.339 e. The second-order valence-corrected chi connectivity index (χ2v) is 8.34. The van der Waals surface area contributed by atoms with Crippen molar-refractivity contribution in [3.63, 3.8) is 0 Å². The fraction of sp³-hybridized carbons (Fsp3) is 0.318. The minimum absolute atomic E-state index is 0.122. The third-order valence-electron chi connectivity index (χ3n) is 5.72. The summed E-state index contributed by atoms with van der Waals surface area (Å²) in [5, 5.41) is 2.84. The van der Waals surface area contributed by atoms with Crippen LogP contribution in [0.1, 0.15) is 24.0 Å². The highest BCUT2D eigenvalue weighted by Crippen LogP contribution is 2.36. The predicted octanol–water partition coefficient (Wildman–Crippen LogP) is 2.68. The first-order chi connectivity index (χ1) is 14.4. The summed E-state index contributed by atoms with van der Waals surface area (Å²) in [5.74, 6) is -1.84. The number of piperazine rings is 1. The number of amides is 1. The summed E-state index contributed by atoms with van der Waals surface area (Å²) < 4.78 is 0. The van der Waals surface area contributed by atoms with Crippen LogP contribution in [0, 0.1) is 0 Å². The third kappa shape index (κ3) is 3.76. The maximum atomic E-state index is 12.9. The zero-order chi connectivity index (χ0) is 21.4. The third-order valence-corrected chi connectivity index (χ3v) is 6.19. The van der Waals surface area contributed by atoms with Gasteiger partial charge in [0.1, 0.15) is 0 Å². The van der Waals surface area contributed by atoms with E-state index in [2.05, 4.69) is 5.43 Å². The molecule has 2 fully saturated rings. The molecule has 0 saturated carbocycles. The van der Waals surface area contributed by atoms with E-state index in [0.29, 0.717) is 23.1 Å². The highest BCUT2D eigenvalue weighted by atomic mass is 35.5. The standard InChI is InChI=1S/C22H21Cl2N3O3/c1-2-26-12-17(27-20(22(26)30)21(29)18(28)11-25-27)19(13-5-3-7-15(23)9-13)14-6-4-8-16(24)10-14/h3-10,17,19-20,25H,2,11-12H2,1H3. The number of likely N-dealkylation sites (N-methyl/N-ethyl adjacent to an activating group) is 1. The lowest BCUT2D eigenvalue weighted by molar-refractivity contribution is -0.162. The van der Waals surface area contributed by atoms with Crippen LogP contribution in [0.15, 0.2) is 48.5 Å². The monoisotopic (exact) mass is 445 g/mol. The topological polar surface area (TPSA) is 69.7 Å². The smallest absolute Gasteiger partial charge is 0.249 e. The quantitative estimate of drug-likeness (QED) is 0.578. The average Bonchev–Trinajstić information content (AvgIpc) is 2.72. The molecule has 2 saturated heterocycles. The molecule has 2 aliphatic rings. The summed E-state index contributed by atoms with van der Waals surface area (Å²) >= 11 is 12.6. The van der Waals surface area contributed by atoms with E-state index in [1.807, 2.05) is 43.3 Å². The molecule has 1 amide bonds. The molecule has 30 heavy (non-hydrogen) atoms. The van der Waals surface area contributed by atoms with E-state index >= 15 is 0 Å². The van der Waals surface area contributed by atoms with Crippen molar-refractivity contribution in [3.8, 4) is 0 Å². The number of hydrogen-bond donors (Lipinski definition) is 1. The second kappa shape index (κ2) is 8.47. The number of rotatable bonds is 4. The van der Waals surface area contributed by atoms with Crippen LogP contribution in [-0.4, -0.2) is 59.1 Å². The lowest BCUT2D eigenvalue weighted by Crippen LogP contribution is -2.73. The Morgan fingerprint density at radius 1 is 1.03 bits per heavy atom. The molecule has 6 nitrogen and oxygen atoms in total. The number of ketones is 2. The fourth-order valence-corrected chi connectivity index (χ4v) is 4.72. The summed E-state index contributed by atoms with van der Waals surface area (Å²) in [7, 11) is 0. The number of halogens is 2. The Balaban J connectivity index is 1.85. The zero-order valence-electron chi connectivity index (χ0n) is 16.3. The predicted molar refractivity (Wildman–Crippen MR) is 114 cm³/mol. The van der Waals surface area contributed by atoms with Gasteiger partial charge in [-0.05, 0) is 42.3 Å². The molecule has 2 atom stereocenters. The van der Waals surface area contributed by atoms with E-state index in [9.17, 15) is 14.4 Å². The number of fused-ring (bicyclic) bond motifs is 1. The summed E-state index contributed by atoms with van der Waals surface area (Å²) in [6, 6.07) is 13.6. The molecule has 0 aromatic heterocycles. The zero-order valence-corrected chi connectivity index (χ0v) is 17.9. The van der Waals surface area contributed by atoms with Gasteiger partial charge in [-0.15, -0.1) is 0 Å². The molecule has 0 bridgehead atoms. The van der Waals surface area contributed by atoms with Crippen molar-refractivity contribution in [3.05, 3.63) is 69.7 Å². The largest absolute Gasteiger partial charge is 0.339 e. The van der Waals surface area contributed by atoms with Crippen LogP contribution in [0.5, 0.6) is 0 Å². The first-order valence-corrected chi connectivity index (χ1v) is 10.5. The first-order valence-electron chi connectivity index (χ1n) is 9.79. The molecule has 2 aliphatic heterocycles. The Kier molecular flexibility index (Phi) is 5.93. The second-order valence-electron chi connectivity index (χ2n) is 7.46. The first kappa shape index (κ1) is 21.0. The molecule has 2 aromatic carbocycles. The van der Waals surface area contributed by atoms with Crippen LogP contribution in [-0.2, 0) is 14.4 Å². The highest BCUT2D eigenvalue weighted by Gasteiger charge is 2.51. The molecule has 0 spiro atoms. The van der Waals surface area contributed by atoms with Gasteiger partial charge >= 0.3 is 0 Å². The SMILES string of the molecule is CCN1CC(C(c2cccc(Cl)c2)c2cccc(Cl)c2)N2NCC(=O)C(=O)C2C1=O. The molecular weight excluding hydrogens is 425 g/mol. The van der Waals surface area contributed by atoms with Crippen molar-refractivity contribution in [1.29, 1.82) is 0 Å². The summed E-state index contributed by atoms with van der Waals surface area (Å²) in [4.78, 5) is 39.3. The van der Waals surface area contributed by atoms with Crippen LogP contribution >= 0.6 is 23.2 Å². The van der Waals surface area contributed by atoms with Gasteiger partial charge in [0, 0.05) is 29.1 Å². The number of nitrogens with one attached hydrogen (secondary N) is 1. The molecule has 2 unspecified atom stereocenters. The molecule has 0 radical (unpaired) electrons. The summed E-state index contributed by atoms with van der Waals surface area (Å²) in [5.41, 5.74) is 4.90. The van der Waals surface area contributed by atoms with Gasteiger partial charge in [-0.25, -0.2) is 10.4 Å². The van der Waals surface area contributed by atoms with Crippen LogP contribution < -0.4 is 5.43 Å². The van der Waals surface area contributed by atoms with Crippen LogP contribution in [0.2, 0.25) is 10.0 Å². The number of hydrogen-bond acceptors (Lipinski definition) is 5. The van der Waals surface area contributed by atoms with Gasteiger partial charge in [-0.2, -0.15) is 0 Å². The van der Waals surface area contributed by atoms with Gasteiger partial charge in [0.25, 0.3) is 0 Å². The number of carbonyl (C=O) groups is 3. The molecule has 1 N–H and O–H groups in total. The van der Waals surface area contributed by atoms with Crippen molar-refractivity contribution in [2.75, 3.05) is 19.6 Å². The number of nitrogens with zero attached hydrogens (tertiary/aromatic N) is 2. The summed E-state index contributed by atoms with van der Waals surface area (Å²) in [6.45, 7) is 2.58. The molecule has 8 heteroatoms. The molecule has 2 heterocycles. The lowest BCUT2D eigenvalue weighted by Gasteiger charge is -2.49. The van der Waals surface area contributed by atoms with E-state index in [0.717, 1.165) is 11.1 Å². The van der Waals surface area contributed by atoms with Crippen molar-refractivity contribution >= 4 is 40.7 Å². The van der Waals surface area contributed by atoms with Crippen LogP contribution in [0.25, 0.3) is 0 Å². The molecule has 4 rings (SSSR count). The Labute approximate surface area is 184 Å². The average molecular weight is 446 g/mol. The van der Waals surface area contributed by atoms with E-state index in [1.54, 1.807) is 22.0 Å². The van der Waals surface area contributed by atoms with Crippen molar-refractivity contribution < 1.29 is 14.4 Å². The van der Waals surface area contributed by atoms with Gasteiger partial charge in [0.15, 0.2) is 6.04 Å². The van der Waals surface area contributed by atoms with E-state index < -0.39 is 17.6 Å². The van der Waals surface area contributed by atoms with E-state index in [1.165, 1.54) is 0 Å². The van der Waals surface area contributed by atoms with Gasteiger partial charge in [-0.3, -0.25) is 14.4 Å². The van der Waals surface area contributed by atoms with Crippen LogP contribution in [0.3, 0.4) is 0 Å². The van der Waals surface area contributed by atoms with Gasteiger partial charge < -0.3 is 4.90 Å². The van der Waals surface area contributed by atoms with Gasteiger partial charge in [-0.1, -0.05) is 47.5 Å². The van der Waals surface area contributed by atoms with Crippen molar-refractivity contribution in [2.45, 2.75) is 24.9 Å². The number of benzene rings is 2. The highest BCUT2D eigenvalue weighted by molar-refractivity contribution is 6.44. The number of Topliss-reactive ketones (excluding diaryl/α,β-unsaturated/α-hetero) is 2. The number of hydrazine groups is 1. The Bertz CT molecular complexity index is 967. The molecule has 156 valence electrons. The molecule has 0 aliphatic carbocycles. The minimum atomic E-state index is -1.16. The van der Waals surface area contributed by atoms with Gasteiger partial charge in [0.2, 0.25) is 17.5 Å². The maximum absolute atomic E-state index is 12.9. The van der Waals surface area contributed by atoms with Crippen molar-refractivity contribution in [2.24, 2.45) is 0 Å².